The summed E-state index contributed by atoms with van der Waals surface area (Å²) >= 11 is 1.65. The highest BCUT2D eigenvalue weighted by molar-refractivity contribution is 7.09. The molecule has 1 aromatic heterocycles. The third-order valence-electron chi connectivity index (χ3n) is 2.80. The predicted molar refractivity (Wildman–Crippen MR) is 73.7 cm³/mol. The molecule has 1 N–H and O–H groups in total. The van der Waals surface area contributed by atoms with E-state index in [1.165, 1.54) is 0 Å². The summed E-state index contributed by atoms with van der Waals surface area (Å²) in [5, 5.41) is 12.3. The van der Waals surface area contributed by atoms with Crippen molar-refractivity contribution in [3.63, 3.8) is 0 Å². The minimum Gasteiger partial charge on any atom is -0.393 e. The third-order valence-corrected chi connectivity index (χ3v) is 3.62. The third kappa shape index (κ3) is 5.60. The van der Waals surface area contributed by atoms with Gasteiger partial charge in [0.15, 0.2) is 0 Å². The van der Waals surface area contributed by atoms with Crippen LogP contribution in [0.2, 0.25) is 0 Å². The Labute approximate surface area is 113 Å². The van der Waals surface area contributed by atoms with Crippen molar-refractivity contribution in [2.45, 2.75) is 45.6 Å². The Morgan fingerprint density at radius 3 is 2.89 bits per heavy atom. The summed E-state index contributed by atoms with van der Waals surface area (Å²) in [6.45, 7) is 4.35. The number of amides is 1. The summed E-state index contributed by atoms with van der Waals surface area (Å²) in [6, 6.07) is 0. The summed E-state index contributed by atoms with van der Waals surface area (Å²) in [5.74, 6) is 0.141. The number of hydrogen-bond donors (Lipinski definition) is 1. The number of hydrogen-bond acceptors (Lipinski definition) is 4. The highest BCUT2D eigenvalue weighted by Crippen LogP contribution is 2.11. The molecule has 5 heteroatoms. The van der Waals surface area contributed by atoms with Crippen LogP contribution in [0, 0.1) is 6.92 Å². The molecule has 1 amide bonds. The molecule has 0 aliphatic carbocycles. The van der Waals surface area contributed by atoms with E-state index in [0.29, 0.717) is 19.4 Å². The zero-order valence-corrected chi connectivity index (χ0v) is 12.2. The zero-order valence-electron chi connectivity index (χ0n) is 11.3. The van der Waals surface area contributed by atoms with Crippen molar-refractivity contribution < 1.29 is 9.90 Å². The normalized spacial score (nSPS) is 12.4. The zero-order chi connectivity index (χ0) is 13.5. The Morgan fingerprint density at radius 1 is 1.61 bits per heavy atom. The van der Waals surface area contributed by atoms with E-state index in [-0.39, 0.29) is 12.0 Å². The van der Waals surface area contributed by atoms with Gasteiger partial charge in [0.25, 0.3) is 0 Å². The van der Waals surface area contributed by atoms with Crippen LogP contribution in [0.5, 0.6) is 0 Å². The van der Waals surface area contributed by atoms with Crippen LogP contribution < -0.4 is 0 Å². The van der Waals surface area contributed by atoms with Crippen molar-refractivity contribution in [2.75, 3.05) is 13.6 Å². The maximum atomic E-state index is 11.8. The van der Waals surface area contributed by atoms with Gasteiger partial charge in [-0.05, 0) is 33.1 Å². The first-order valence-corrected chi connectivity index (χ1v) is 7.20. The van der Waals surface area contributed by atoms with E-state index in [2.05, 4.69) is 10.4 Å². The van der Waals surface area contributed by atoms with Crippen molar-refractivity contribution in [3.8, 4) is 0 Å². The van der Waals surface area contributed by atoms with Crippen LogP contribution >= 0.6 is 11.3 Å². The number of thiazole rings is 1. The van der Waals surface area contributed by atoms with Gasteiger partial charge >= 0.3 is 0 Å². The fourth-order valence-electron chi connectivity index (χ4n) is 1.64. The number of aryl methyl sites for hydroxylation is 2. The van der Waals surface area contributed by atoms with Gasteiger partial charge in [-0.1, -0.05) is 0 Å². The Hall–Kier alpha value is -0.940. The molecule has 1 aromatic rings. The number of nitrogens with zero attached hydrogens (tertiary/aromatic N) is 2. The Balaban J connectivity index is 2.20. The lowest BCUT2D eigenvalue weighted by molar-refractivity contribution is -0.130. The van der Waals surface area contributed by atoms with Gasteiger partial charge in [0, 0.05) is 25.4 Å². The summed E-state index contributed by atoms with van der Waals surface area (Å²) in [4.78, 5) is 17.8. The van der Waals surface area contributed by atoms with Gasteiger partial charge in [0.05, 0.1) is 16.8 Å². The first-order chi connectivity index (χ1) is 8.49. The number of aliphatic hydroxyl groups is 1. The van der Waals surface area contributed by atoms with Crippen LogP contribution in [0.1, 0.15) is 36.9 Å². The van der Waals surface area contributed by atoms with Crippen molar-refractivity contribution >= 4 is 17.2 Å². The number of rotatable bonds is 7. The maximum absolute atomic E-state index is 11.8. The average molecular weight is 270 g/mol. The molecule has 0 saturated carbocycles. The molecule has 102 valence electrons. The summed E-state index contributed by atoms with van der Waals surface area (Å²) in [7, 11) is 1.79. The van der Waals surface area contributed by atoms with Crippen LogP contribution in [0.3, 0.4) is 0 Å². The molecule has 0 aliphatic heterocycles. The first kappa shape index (κ1) is 15.1. The highest BCUT2D eigenvalue weighted by atomic mass is 32.1. The smallest absolute Gasteiger partial charge is 0.222 e. The molecular weight excluding hydrogens is 248 g/mol. The van der Waals surface area contributed by atoms with Crippen LogP contribution in [0.25, 0.3) is 0 Å². The molecule has 4 nitrogen and oxygen atoms in total. The van der Waals surface area contributed by atoms with E-state index in [4.69, 9.17) is 5.11 Å². The van der Waals surface area contributed by atoms with Crippen LogP contribution in [-0.2, 0) is 11.2 Å². The lowest BCUT2D eigenvalue weighted by Crippen LogP contribution is -2.29. The van der Waals surface area contributed by atoms with Gasteiger partial charge in [0.1, 0.15) is 0 Å². The number of carbonyl (C=O) groups excluding carboxylic acids is 1. The van der Waals surface area contributed by atoms with Gasteiger partial charge in [-0.15, -0.1) is 11.3 Å². The molecule has 0 spiro atoms. The van der Waals surface area contributed by atoms with E-state index in [0.717, 1.165) is 23.5 Å². The Morgan fingerprint density at radius 2 is 2.33 bits per heavy atom. The van der Waals surface area contributed by atoms with Crippen LogP contribution in [0.4, 0.5) is 0 Å². The minimum atomic E-state index is -0.349. The molecule has 1 atom stereocenters. The van der Waals surface area contributed by atoms with Gasteiger partial charge in [-0.3, -0.25) is 4.79 Å². The quantitative estimate of drug-likeness (QED) is 0.824. The number of carbonyl (C=O) groups is 1. The molecule has 0 radical (unpaired) electrons. The van der Waals surface area contributed by atoms with Gasteiger partial charge < -0.3 is 10.0 Å². The molecule has 1 rings (SSSR count). The molecule has 0 aromatic carbocycles. The lowest BCUT2D eigenvalue weighted by atomic mass is 10.2. The van der Waals surface area contributed by atoms with E-state index >= 15 is 0 Å². The topological polar surface area (TPSA) is 53.4 Å². The second kappa shape index (κ2) is 7.48. The van der Waals surface area contributed by atoms with Crippen LogP contribution in [-0.4, -0.2) is 40.6 Å². The van der Waals surface area contributed by atoms with Crippen molar-refractivity contribution in [3.05, 3.63) is 16.1 Å². The van der Waals surface area contributed by atoms with Crippen molar-refractivity contribution in [1.82, 2.24) is 9.88 Å². The van der Waals surface area contributed by atoms with Gasteiger partial charge in [0.2, 0.25) is 5.91 Å². The molecule has 1 heterocycles. The van der Waals surface area contributed by atoms with Gasteiger partial charge in [-0.2, -0.15) is 0 Å². The molecule has 0 aliphatic rings. The Bertz CT molecular complexity index is 377. The largest absolute Gasteiger partial charge is 0.393 e. The maximum Gasteiger partial charge on any atom is 0.222 e. The first-order valence-electron chi connectivity index (χ1n) is 6.32. The summed E-state index contributed by atoms with van der Waals surface area (Å²) in [5.41, 5.74) is 1.08. The molecule has 18 heavy (non-hydrogen) atoms. The van der Waals surface area contributed by atoms with Crippen molar-refractivity contribution in [2.24, 2.45) is 0 Å². The SMILES string of the molecule is Cc1nc(CCCC(=O)N(C)CCC(C)O)cs1. The van der Waals surface area contributed by atoms with E-state index in [9.17, 15) is 4.79 Å². The van der Waals surface area contributed by atoms with E-state index in [1.54, 1.807) is 30.2 Å². The standard InChI is InChI=1S/C13H22N2O2S/c1-10(16)7-8-15(3)13(17)6-4-5-12-9-18-11(2)14-12/h9-10,16H,4-8H2,1-3H3. The molecule has 0 fully saturated rings. The second-order valence-corrected chi connectivity index (χ2v) is 5.73. The Kier molecular flexibility index (Phi) is 6.29. The summed E-state index contributed by atoms with van der Waals surface area (Å²) < 4.78 is 0. The monoisotopic (exact) mass is 270 g/mol. The fraction of sp³-hybridized carbons (Fsp3) is 0.692. The highest BCUT2D eigenvalue weighted by Gasteiger charge is 2.09. The number of aliphatic hydroxyl groups excluding tert-OH is 1. The molecule has 0 bridgehead atoms. The predicted octanol–water partition coefficient (Wildman–Crippen LogP) is 2.00. The lowest BCUT2D eigenvalue weighted by Gasteiger charge is -2.17. The van der Waals surface area contributed by atoms with Crippen molar-refractivity contribution in [1.29, 1.82) is 0 Å². The molecule has 1 unspecified atom stereocenters. The summed E-state index contributed by atoms with van der Waals surface area (Å²) in [6.07, 6.45) is 2.53. The molecule has 0 saturated heterocycles. The minimum absolute atomic E-state index is 0.141. The van der Waals surface area contributed by atoms with Crippen LogP contribution in [0.15, 0.2) is 5.38 Å². The van der Waals surface area contributed by atoms with E-state index in [1.807, 2.05) is 6.92 Å². The second-order valence-electron chi connectivity index (χ2n) is 4.66. The average Bonchev–Trinajstić information content (AvgIpc) is 2.71. The number of aromatic nitrogens is 1. The fourth-order valence-corrected chi connectivity index (χ4v) is 2.29. The van der Waals surface area contributed by atoms with E-state index < -0.39 is 0 Å². The molecular formula is C13H22N2O2S. The van der Waals surface area contributed by atoms with Gasteiger partial charge in [-0.25, -0.2) is 4.98 Å².